The van der Waals surface area contributed by atoms with Crippen LogP contribution in [0.4, 0.5) is 0 Å². The van der Waals surface area contributed by atoms with Crippen molar-refractivity contribution in [1.29, 1.82) is 0 Å². The molecule has 1 N–H and O–H groups in total. The molecule has 0 saturated carbocycles. The van der Waals surface area contributed by atoms with Gasteiger partial charge in [-0.3, -0.25) is 4.90 Å². The van der Waals surface area contributed by atoms with E-state index in [1.54, 1.807) is 0 Å². The van der Waals surface area contributed by atoms with Crippen molar-refractivity contribution in [2.24, 2.45) is 0 Å². The summed E-state index contributed by atoms with van der Waals surface area (Å²) < 4.78 is 6.30. The molecule has 0 aliphatic carbocycles. The first kappa shape index (κ1) is 10.2. The zero-order valence-electron chi connectivity index (χ0n) is 8.29. The fraction of sp³-hybridized carbons (Fsp3) is 0.600. The maximum Gasteiger partial charge on any atom is 0.169 e. The standard InChI is InChI=1S/C10H15BrN2O/c1-2-13(8-5-12-6-8)7-9-3-4-10(11)14-9/h3-4,8,12H,2,5-7H2,1H3. The Morgan fingerprint density at radius 1 is 1.57 bits per heavy atom. The van der Waals surface area contributed by atoms with E-state index in [9.17, 15) is 0 Å². The molecule has 0 atom stereocenters. The van der Waals surface area contributed by atoms with Crippen molar-refractivity contribution in [2.75, 3.05) is 19.6 Å². The summed E-state index contributed by atoms with van der Waals surface area (Å²) in [7, 11) is 0. The van der Waals surface area contributed by atoms with Crippen LogP contribution in [0.2, 0.25) is 0 Å². The molecule has 1 aromatic rings. The third-order valence-corrected chi connectivity index (χ3v) is 3.10. The zero-order chi connectivity index (χ0) is 9.97. The van der Waals surface area contributed by atoms with Gasteiger partial charge in [-0.25, -0.2) is 0 Å². The molecule has 14 heavy (non-hydrogen) atoms. The quantitative estimate of drug-likeness (QED) is 0.894. The van der Waals surface area contributed by atoms with Crippen LogP contribution in [-0.4, -0.2) is 30.6 Å². The molecule has 3 nitrogen and oxygen atoms in total. The molecule has 1 aromatic heterocycles. The summed E-state index contributed by atoms with van der Waals surface area (Å²) in [4.78, 5) is 2.43. The van der Waals surface area contributed by atoms with E-state index >= 15 is 0 Å². The number of hydrogen-bond donors (Lipinski definition) is 1. The number of nitrogens with one attached hydrogen (secondary N) is 1. The van der Waals surface area contributed by atoms with Gasteiger partial charge in [0, 0.05) is 19.1 Å². The lowest BCUT2D eigenvalue weighted by atomic mass is 10.1. The van der Waals surface area contributed by atoms with Crippen LogP contribution in [0, 0.1) is 0 Å². The highest BCUT2D eigenvalue weighted by molar-refractivity contribution is 9.10. The average molecular weight is 259 g/mol. The van der Waals surface area contributed by atoms with Gasteiger partial charge in [0.15, 0.2) is 4.67 Å². The van der Waals surface area contributed by atoms with Crippen molar-refractivity contribution < 1.29 is 4.42 Å². The highest BCUT2D eigenvalue weighted by Crippen LogP contribution is 2.17. The van der Waals surface area contributed by atoms with Crippen molar-refractivity contribution in [3.63, 3.8) is 0 Å². The summed E-state index contributed by atoms with van der Waals surface area (Å²) in [5.41, 5.74) is 0. The van der Waals surface area contributed by atoms with Gasteiger partial charge in [-0.15, -0.1) is 0 Å². The zero-order valence-corrected chi connectivity index (χ0v) is 9.88. The summed E-state index contributed by atoms with van der Waals surface area (Å²) >= 11 is 3.31. The van der Waals surface area contributed by atoms with Crippen LogP contribution in [0.15, 0.2) is 21.2 Å². The van der Waals surface area contributed by atoms with Crippen molar-refractivity contribution >= 4 is 15.9 Å². The molecule has 0 amide bonds. The van der Waals surface area contributed by atoms with Gasteiger partial charge in [-0.05, 0) is 34.6 Å². The first-order chi connectivity index (χ1) is 6.79. The molecule has 2 heterocycles. The molecular weight excluding hydrogens is 244 g/mol. The minimum Gasteiger partial charge on any atom is -0.453 e. The molecule has 0 aromatic carbocycles. The second-order valence-electron chi connectivity index (χ2n) is 3.58. The summed E-state index contributed by atoms with van der Waals surface area (Å²) in [6, 6.07) is 4.66. The van der Waals surface area contributed by atoms with Crippen molar-refractivity contribution in [1.82, 2.24) is 10.2 Å². The molecule has 78 valence electrons. The predicted molar refractivity (Wildman–Crippen MR) is 59.1 cm³/mol. The van der Waals surface area contributed by atoms with Crippen LogP contribution in [0.5, 0.6) is 0 Å². The Morgan fingerprint density at radius 2 is 2.36 bits per heavy atom. The van der Waals surface area contributed by atoms with Gasteiger partial charge in [0.1, 0.15) is 5.76 Å². The highest BCUT2D eigenvalue weighted by Gasteiger charge is 2.23. The second kappa shape index (κ2) is 4.47. The van der Waals surface area contributed by atoms with E-state index in [1.165, 1.54) is 0 Å². The third-order valence-electron chi connectivity index (χ3n) is 2.67. The van der Waals surface area contributed by atoms with Gasteiger partial charge in [0.2, 0.25) is 0 Å². The lowest BCUT2D eigenvalue weighted by Gasteiger charge is -2.37. The summed E-state index contributed by atoms with van der Waals surface area (Å²) in [6.45, 7) is 6.39. The fourth-order valence-corrected chi connectivity index (χ4v) is 2.01. The molecule has 0 radical (unpaired) electrons. The van der Waals surface area contributed by atoms with Gasteiger partial charge in [-0.2, -0.15) is 0 Å². The minimum atomic E-state index is 0.684. The van der Waals surface area contributed by atoms with Crippen molar-refractivity contribution in [2.45, 2.75) is 19.5 Å². The Morgan fingerprint density at radius 3 is 2.79 bits per heavy atom. The highest BCUT2D eigenvalue weighted by atomic mass is 79.9. The van der Waals surface area contributed by atoms with Crippen LogP contribution >= 0.6 is 15.9 Å². The third kappa shape index (κ3) is 2.19. The van der Waals surface area contributed by atoms with Crippen LogP contribution in [-0.2, 0) is 6.54 Å². The van der Waals surface area contributed by atoms with Crippen molar-refractivity contribution in [3.05, 3.63) is 22.6 Å². The Hall–Kier alpha value is -0.320. The fourth-order valence-electron chi connectivity index (χ4n) is 1.67. The van der Waals surface area contributed by atoms with Gasteiger partial charge < -0.3 is 9.73 Å². The largest absolute Gasteiger partial charge is 0.453 e. The van der Waals surface area contributed by atoms with E-state index in [0.29, 0.717) is 6.04 Å². The summed E-state index contributed by atoms with van der Waals surface area (Å²) in [5.74, 6) is 1.03. The van der Waals surface area contributed by atoms with Crippen LogP contribution in [0.3, 0.4) is 0 Å². The second-order valence-corrected chi connectivity index (χ2v) is 4.36. The predicted octanol–water partition coefficient (Wildman–Crippen LogP) is 1.84. The monoisotopic (exact) mass is 258 g/mol. The van der Waals surface area contributed by atoms with Crippen LogP contribution < -0.4 is 5.32 Å². The Balaban J connectivity index is 1.93. The Bertz CT molecular complexity index is 296. The van der Waals surface area contributed by atoms with Gasteiger partial charge in [0.25, 0.3) is 0 Å². The molecule has 0 unspecified atom stereocenters. The molecule has 1 fully saturated rings. The number of hydrogen-bond acceptors (Lipinski definition) is 3. The number of nitrogens with zero attached hydrogens (tertiary/aromatic N) is 1. The number of likely N-dealkylation sites (N-methyl/N-ethyl adjacent to an activating group) is 1. The first-order valence-electron chi connectivity index (χ1n) is 4.98. The van der Waals surface area contributed by atoms with E-state index < -0.39 is 0 Å². The Labute approximate surface area is 92.6 Å². The molecule has 1 saturated heterocycles. The van der Waals surface area contributed by atoms with E-state index in [4.69, 9.17) is 4.42 Å². The molecule has 0 spiro atoms. The van der Waals surface area contributed by atoms with Gasteiger partial charge in [-0.1, -0.05) is 6.92 Å². The number of rotatable bonds is 4. The maximum atomic E-state index is 5.49. The van der Waals surface area contributed by atoms with E-state index in [2.05, 4.69) is 33.1 Å². The molecule has 1 aliphatic heterocycles. The SMILES string of the molecule is CCN(Cc1ccc(Br)o1)C1CNC1. The summed E-state index contributed by atoms with van der Waals surface area (Å²) in [5, 5.41) is 3.29. The van der Waals surface area contributed by atoms with Gasteiger partial charge in [0.05, 0.1) is 6.54 Å². The van der Waals surface area contributed by atoms with Crippen LogP contribution in [0.1, 0.15) is 12.7 Å². The van der Waals surface area contributed by atoms with Crippen LogP contribution in [0.25, 0.3) is 0 Å². The minimum absolute atomic E-state index is 0.684. The molecule has 2 rings (SSSR count). The normalized spacial score (nSPS) is 17.4. The van der Waals surface area contributed by atoms with E-state index in [0.717, 1.165) is 36.6 Å². The maximum absolute atomic E-state index is 5.49. The summed E-state index contributed by atoms with van der Waals surface area (Å²) in [6.07, 6.45) is 0. The topological polar surface area (TPSA) is 28.4 Å². The lowest BCUT2D eigenvalue weighted by molar-refractivity contribution is 0.135. The van der Waals surface area contributed by atoms with Crippen molar-refractivity contribution in [3.8, 4) is 0 Å². The Kier molecular flexibility index (Phi) is 3.26. The number of furan rings is 1. The lowest BCUT2D eigenvalue weighted by Crippen LogP contribution is -2.56. The molecule has 4 heteroatoms. The molecular formula is C10H15BrN2O. The first-order valence-corrected chi connectivity index (χ1v) is 5.78. The van der Waals surface area contributed by atoms with E-state index in [1.807, 2.05) is 12.1 Å². The number of halogens is 1. The van der Waals surface area contributed by atoms with Gasteiger partial charge >= 0.3 is 0 Å². The molecule has 1 aliphatic rings. The molecule has 0 bridgehead atoms. The van der Waals surface area contributed by atoms with E-state index in [-0.39, 0.29) is 0 Å². The smallest absolute Gasteiger partial charge is 0.169 e. The average Bonchev–Trinajstić information content (AvgIpc) is 2.47.